The van der Waals surface area contributed by atoms with Gasteiger partial charge in [-0.05, 0) is 23.9 Å². The zero-order chi connectivity index (χ0) is 14.3. The van der Waals surface area contributed by atoms with Crippen molar-refractivity contribution in [2.24, 2.45) is 0 Å². The molecule has 1 heterocycles. The van der Waals surface area contributed by atoms with Crippen LogP contribution in [0.4, 0.5) is 13.2 Å². The van der Waals surface area contributed by atoms with Crippen molar-refractivity contribution < 1.29 is 22.7 Å². The molecule has 0 radical (unpaired) electrons. The fourth-order valence-electron chi connectivity index (χ4n) is 1.28. The number of methoxy groups -OCH3 is 1. The van der Waals surface area contributed by atoms with E-state index in [1.807, 2.05) is 12.1 Å². The minimum Gasteiger partial charge on any atom is -0.469 e. The Bertz CT molecular complexity index is 407. The lowest BCUT2D eigenvalue weighted by Crippen LogP contribution is -2.17. The molecule has 0 atom stereocenters. The molecule has 1 aromatic rings. The summed E-state index contributed by atoms with van der Waals surface area (Å²) >= 11 is 1.41. The number of hydrogen-bond acceptors (Lipinski definition) is 5. The molecule has 108 valence electrons. The molecule has 0 bridgehead atoms. The van der Waals surface area contributed by atoms with Crippen LogP contribution in [0.1, 0.15) is 9.75 Å². The van der Waals surface area contributed by atoms with Crippen molar-refractivity contribution in [1.29, 1.82) is 0 Å². The number of halogens is 3. The fourth-order valence-corrected chi connectivity index (χ4v) is 2.73. The monoisotopic (exact) mass is 313 g/mol. The number of esters is 1. The first-order chi connectivity index (χ1) is 8.90. The minimum atomic E-state index is -4.17. The Morgan fingerprint density at radius 3 is 2.74 bits per heavy atom. The molecule has 0 fully saturated rings. The summed E-state index contributed by atoms with van der Waals surface area (Å²) in [5.41, 5.74) is -4.17. The second-order valence-corrected chi connectivity index (χ2v) is 6.00. The molecule has 0 unspecified atom stereocenters. The first-order valence-corrected chi connectivity index (χ1v) is 7.27. The molecule has 0 saturated heterocycles. The summed E-state index contributed by atoms with van der Waals surface area (Å²) in [5, 5.41) is 2.93. The van der Waals surface area contributed by atoms with E-state index in [2.05, 4.69) is 10.1 Å². The van der Waals surface area contributed by atoms with Gasteiger partial charge in [0.1, 0.15) is 0 Å². The number of thiophene rings is 1. The maximum absolute atomic E-state index is 11.9. The minimum absolute atomic E-state index is 0.0100. The number of ether oxygens (including phenoxy) is 1. The van der Waals surface area contributed by atoms with Gasteiger partial charge in [0.05, 0.1) is 13.5 Å². The van der Waals surface area contributed by atoms with Crippen molar-refractivity contribution >= 4 is 29.1 Å². The molecule has 1 aromatic heterocycles. The highest BCUT2D eigenvalue weighted by molar-refractivity contribution is 8.00. The quantitative estimate of drug-likeness (QED) is 0.620. The van der Waals surface area contributed by atoms with Gasteiger partial charge in [0.2, 0.25) is 0 Å². The SMILES string of the molecule is COC(=O)Cc1ccc(CNCCSC(F)(F)F)s1. The Kier molecular flexibility index (Phi) is 6.67. The van der Waals surface area contributed by atoms with Gasteiger partial charge in [0, 0.05) is 28.6 Å². The van der Waals surface area contributed by atoms with Gasteiger partial charge in [-0.3, -0.25) is 4.79 Å². The highest BCUT2D eigenvalue weighted by atomic mass is 32.2. The van der Waals surface area contributed by atoms with Crippen LogP contribution >= 0.6 is 23.1 Å². The summed E-state index contributed by atoms with van der Waals surface area (Å²) < 4.78 is 40.1. The van der Waals surface area contributed by atoms with Crippen molar-refractivity contribution in [2.75, 3.05) is 19.4 Å². The second kappa shape index (κ2) is 7.76. The van der Waals surface area contributed by atoms with Gasteiger partial charge in [0.15, 0.2) is 0 Å². The fraction of sp³-hybridized carbons (Fsp3) is 0.545. The lowest BCUT2D eigenvalue weighted by molar-refractivity contribution is -0.139. The van der Waals surface area contributed by atoms with E-state index >= 15 is 0 Å². The molecule has 0 aliphatic rings. The number of nitrogens with one attached hydrogen (secondary N) is 1. The van der Waals surface area contributed by atoms with E-state index in [9.17, 15) is 18.0 Å². The summed E-state index contributed by atoms with van der Waals surface area (Å²) in [4.78, 5) is 12.9. The van der Waals surface area contributed by atoms with Crippen LogP contribution in [0.2, 0.25) is 0 Å². The summed E-state index contributed by atoms with van der Waals surface area (Å²) in [5.74, 6) is -0.313. The Morgan fingerprint density at radius 2 is 2.11 bits per heavy atom. The highest BCUT2D eigenvalue weighted by Gasteiger charge is 2.27. The van der Waals surface area contributed by atoms with Crippen LogP contribution in [-0.4, -0.2) is 30.9 Å². The first kappa shape index (κ1) is 16.3. The number of rotatable bonds is 7. The Labute approximate surface area is 117 Å². The van der Waals surface area contributed by atoms with Crippen molar-refractivity contribution in [3.8, 4) is 0 Å². The van der Waals surface area contributed by atoms with Crippen molar-refractivity contribution in [2.45, 2.75) is 18.5 Å². The summed E-state index contributed by atoms with van der Waals surface area (Å²) in [7, 11) is 1.33. The van der Waals surface area contributed by atoms with E-state index in [0.29, 0.717) is 6.54 Å². The number of alkyl halides is 3. The predicted molar refractivity (Wildman–Crippen MR) is 70.3 cm³/mol. The first-order valence-electron chi connectivity index (χ1n) is 5.46. The molecular formula is C11H14F3NO2S2. The smallest absolute Gasteiger partial charge is 0.441 e. The third-order valence-electron chi connectivity index (χ3n) is 2.11. The van der Waals surface area contributed by atoms with E-state index in [1.165, 1.54) is 18.4 Å². The van der Waals surface area contributed by atoms with E-state index in [4.69, 9.17) is 0 Å². The second-order valence-electron chi connectivity index (χ2n) is 3.59. The maximum atomic E-state index is 11.9. The standard InChI is InChI=1S/C11H14F3NO2S2/c1-17-10(16)6-8-2-3-9(19-8)7-15-4-5-18-11(12,13)14/h2-3,15H,4-7H2,1H3. The molecule has 0 aliphatic carbocycles. The lowest BCUT2D eigenvalue weighted by atomic mass is 10.3. The number of thioether (sulfide) groups is 1. The van der Waals surface area contributed by atoms with Gasteiger partial charge < -0.3 is 10.1 Å². The Hall–Kier alpha value is -0.730. The molecule has 8 heteroatoms. The van der Waals surface area contributed by atoms with E-state index < -0.39 is 5.51 Å². The zero-order valence-electron chi connectivity index (χ0n) is 10.3. The van der Waals surface area contributed by atoms with Gasteiger partial charge in [-0.1, -0.05) is 0 Å². The summed E-state index contributed by atoms with van der Waals surface area (Å²) in [6.45, 7) is 0.790. The largest absolute Gasteiger partial charge is 0.469 e. The van der Waals surface area contributed by atoms with Crippen LogP contribution in [0.3, 0.4) is 0 Å². The lowest BCUT2D eigenvalue weighted by Gasteiger charge is -2.05. The Morgan fingerprint density at radius 1 is 1.42 bits per heavy atom. The normalized spacial score (nSPS) is 11.6. The zero-order valence-corrected chi connectivity index (χ0v) is 11.9. The van der Waals surface area contributed by atoms with Crippen LogP contribution in [0.15, 0.2) is 12.1 Å². The molecule has 0 saturated carbocycles. The van der Waals surface area contributed by atoms with Crippen molar-refractivity contribution in [1.82, 2.24) is 5.32 Å². The van der Waals surface area contributed by atoms with Crippen LogP contribution < -0.4 is 5.32 Å². The third kappa shape index (κ3) is 7.44. The average Bonchev–Trinajstić information content (AvgIpc) is 2.74. The van der Waals surface area contributed by atoms with E-state index in [-0.39, 0.29) is 36.4 Å². The van der Waals surface area contributed by atoms with Crippen molar-refractivity contribution in [3.63, 3.8) is 0 Å². The molecular weight excluding hydrogens is 299 g/mol. The number of carbonyl (C=O) groups is 1. The van der Waals surface area contributed by atoms with Crippen LogP contribution in [0.5, 0.6) is 0 Å². The van der Waals surface area contributed by atoms with E-state index in [0.717, 1.165) is 9.75 Å². The molecule has 3 nitrogen and oxygen atoms in total. The van der Waals surface area contributed by atoms with E-state index in [1.54, 1.807) is 0 Å². The van der Waals surface area contributed by atoms with Gasteiger partial charge in [-0.2, -0.15) is 13.2 Å². The van der Waals surface area contributed by atoms with Crippen LogP contribution in [0, 0.1) is 0 Å². The van der Waals surface area contributed by atoms with Crippen LogP contribution in [-0.2, 0) is 22.5 Å². The molecule has 0 aromatic carbocycles. The van der Waals surface area contributed by atoms with Gasteiger partial charge >= 0.3 is 11.5 Å². The Balaban J connectivity index is 2.21. The summed E-state index contributed by atoms with van der Waals surface area (Å²) in [6, 6.07) is 3.68. The topological polar surface area (TPSA) is 38.3 Å². The van der Waals surface area contributed by atoms with Gasteiger partial charge in [-0.15, -0.1) is 11.3 Å². The van der Waals surface area contributed by atoms with Crippen LogP contribution in [0.25, 0.3) is 0 Å². The molecule has 1 N–H and O–H groups in total. The molecule has 1 rings (SSSR count). The number of hydrogen-bond donors (Lipinski definition) is 1. The van der Waals surface area contributed by atoms with Gasteiger partial charge in [-0.25, -0.2) is 0 Å². The predicted octanol–water partition coefficient (Wildman–Crippen LogP) is 2.81. The third-order valence-corrected chi connectivity index (χ3v) is 3.93. The number of carbonyl (C=O) groups excluding carboxylic acids is 1. The van der Waals surface area contributed by atoms with Gasteiger partial charge in [0.25, 0.3) is 0 Å². The molecule has 19 heavy (non-hydrogen) atoms. The molecule has 0 amide bonds. The molecule has 0 aliphatic heterocycles. The molecule has 0 spiro atoms. The van der Waals surface area contributed by atoms with Crippen molar-refractivity contribution in [3.05, 3.63) is 21.9 Å². The highest BCUT2D eigenvalue weighted by Crippen LogP contribution is 2.29. The average molecular weight is 313 g/mol. The maximum Gasteiger partial charge on any atom is 0.441 e. The summed E-state index contributed by atoms with van der Waals surface area (Å²) in [6.07, 6.45) is 0.227.